The molecule has 58 heavy (non-hydrogen) atoms. The van der Waals surface area contributed by atoms with E-state index in [1.54, 1.807) is 0 Å². The molecule has 1 aromatic heterocycles. The van der Waals surface area contributed by atoms with Crippen LogP contribution in [0.3, 0.4) is 0 Å². The normalized spacial score (nSPS) is 23.6. The third kappa shape index (κ3) is 6.39. The van der Waals surface area contributed by atoms with Gasteiger partial charge in [-0.05, 0) is 82.3 Å². The monoisotopic (exact) mass is 751 g/mol. The van der Waals surface area contributed by atoms with Gasteiger partial charge in [-0.15, -0.1) is 0 Å². The van der Waals surface area contributed by atoms with Crippen molar-refractivity contribution in [3.8, 4) is 11.1 Å². The maximum Gasteiger partial charge on any atom is 0.198 e. The molecule has 4 aliphatic carbocycles. The molecule has 0 fully saturated rings. The minimum Gasteiger partial charge on any atom is -0.440 e. The zero-order valence-electron chi connectivity index (χ0n) is 32.5. The molecule has 5 atom stereocenters. The first-order valence-corrected chi connectivity index (χ1v) is 20.6. The lowest BCUT2D eigenvalue weighted by atomic mass is 9.62. The van der Waals surface area contributed by atoms with E-state index in [1.165, 1.54) is 33.4 Å². The van der Waals surface area contributed by atoms with Gasteiger partial charge in [-0.2, -0.15) is 0 Å². The molecule has 282 valence electrons. The van der Waals surface area contributed by atoms with E-state index in [1.807, 2.05) is 12.3 Å². The van der Waals surface area contributed by atoms with E-state index < -0.39 is 5.41 Å². The van der Waals surface area contributed by atoms with E-state index in [-0.39, 0.29) is 17.8 Å². The predicted octanol–water partition coefficient (Wildman–Crippen LogP) is 13.0. The largest absolute Gasteiger partial charge is 0.440 e. The quantitative estimate of drug-likeness (QED) is 0.0883. The summed E-state index contributed by atoms with van der Waals surface area (Å²) in [4.78, 5) is 15.4. The van der Waals surface area contributed by atoms with Crippen LogP contribution < -0.4 is 0 Å². The SMILES string of the molecule is C=C(/N=C(\N=C\c1ccc(-c2ccccc2)cc1)C1C=CC=CC1)C1=CC=CC2C1c1ccccc1C2(c1ccccc1)c1ccc2nc(C3CC=CCC3)oc2c1. The van der Waals surface area contributed by atoms with Crippen LogP contribution in [0.15, 0.2) is 214 Å². The van der Waals surface area contributed by atoms with Crippen molar-refractivity contribution in [2.45, 2.75) is 42.9 Å². The van der Waals surface area contributed by atoms with Gasteiger partial charge in [-0.3, -0.25) is 0 Å². The average molecular weight is 752 g/mol. The number of rotatable bonds is 8. The van der Waals surface area contributed by atoms with E-state index >= 15 is 0 Å². The first-order chi connectivity index (χ1) is 28.7. The summed E-state index contributed by atoms with van der Waals surface area (Å²) in [5.41, 5.74) is 11.5. The minimum atomic E-state index is -0.499. The fourth-order valence-electron chi connectivity index (χ4n) is 9.68. The van der Waals surface area contributed by atoms with Crippen LogP contribution in [0.1, 0.15) is 71.2 Å². The van der Waals surface area contributed by atoms with E-state index in [9.17, 15) is 0 Å². The van der Waals surface area contributed by atoms with E-state index in [0.717, 1.165) is 65.3 Å². The van der Waals surface area contributed by atoms with E-state index in [4.69, 9.17) is 26.0 Å². The van der Waals surface area contributed by atoms with Gasteiger partial charge >= 0.3 is 0 Å². The number of fused-ring (bicyclic) bond motifs is 4. The topological polar surface area (TPSA) is 50.8 Å². The second-order valence-corrected chi connectivity index (χ2v) is 15.8. The molecule has 0 N–H and O–H groups in total. The van der Waals surface area contributed by atoms with Crippen molar-refractivity contribution in [3.63, 3.8) is 0 Å². The molecule has 4 aliphatic rings. The molecule has 0 aliphatic heterocycles. The maximum atomic E-state index is 6.62. The van der Waals surface area contributed by atoms with Gasteiger partial charge in [0.05, 0.1) is 11.1 Å². The smallest absolute Gasteiger partial charge is 0.198 e. The minimum absolute atomic E-state index is 0.0187. The van der Waals surface area contributed by atoms with Crippen molar-refractivity contribution in [2.24, 2.45) is 21.8 Å². The van der Waals surface area contributed by atoms with Gasteiger partial charge in [-0.1, -0.05) is 177 Å². The number of hydrogen-bond donors (Lipinski definition) is 0. The lowest BCUT2D eigenvalue weighted by Gasteiger charge is -2.39. The van der Waals surface area contributed by atoms with E-state index in [2.05, 4.69) is 176 Å². The molecule has 0 saturated heterocycles. The molecule has 0 saturated carbocycles. The number of benzene rings is 5. The van der Waals surface area contributed by atoms with Gasteiger partial charge in [0.2, 0.25) is 0 Å². The number of allylic oxidation sites excluding steroid dienone is 9. The van der Waals surface area contributed by atoms with Gasteiger partial charge < -0.3 is 4.42 Å². The zero-order valence-corrected chi connectivity index (χ0v) is 32.5. The summed E-state index contributed by atoms with van der Waals surface area (Å²) in [6, 6.07) is 45.7. The Balaban J connectivity index is 1.04. The van der Waals surface area contributed by atoms with Crippen molar-refractivity contribution < 1.29 is 4.42 Å². The van der Waals surface area contributed by atoms with Crippen molar-refractivity contribution >= 4 is 23.1 Å². The first kappa shape index (κ1) is 35.7. The molecule has 1 heterocycles. The Morgan fingerprint density at radius 2 is 1.53 bits per heavy atom. The molecule has 5 aromatic carbocycles. The summed E-state index contributed by atoms with van der Waals surface area (Å²) >= 11 is 0. The molecule has 4 heteroatoms. The highest BCUT2D eigenvalue weighted by molar-refractivity contribution is 5.98. The Kier molecular flexibility index (Phi) is 9.47. The molecule has 4 nitrogen and oxygen atoms in total. The van der Waals surface area contributed by atoms with Gasteiger partial charge in [0.1, 0.15) is 11.4 Å². The number of nitrogens with zero attached hydrogens (tertiary/aromatic N) is 3. The van der Waals surface area contributed by atoms with Crippen LogP contribution in [0.25, 0.3) is 22.2 Å². The molecule has 0 bridgehead atoms. The molecule has 5 unspecified atom stereocenters. The Morgan fingerprint density at radius 3 is 2.33 bits per heavy atom. The molecular formula is C54H45N3O. The third-order valence-corrected chi connectivity index (χ3v) is 12.5. The van der Waals surface area contributed by atoms with Crippen LogP contribution in [0.4, 0.5) is 0 Å². The fourth-order valence-corrected chi connectivity index (χ4v) is 9.68. The third-order valence-electron chi connectivity index (χ3n) is 12.5. The van der Waals surface area contributed by atoms with Crippen molar-refractivity contribution in [1.29, 1.82) is 0 Å². The summed E-state index contributed by atoms with van der Waals surface area (Å²) < 4.78 is 6.62. The Hall–Kier alpha value is -6.65. The lowest BCUT2D eigenvalue weighted by Crippen LogP contribution is -2.35. The lowest BCUT2D eigenvalue weighted by molar-refractivity contribution is 0.441. The van der Waals surface area contributed by atoms with Crippen LogP contribution in [0, 0.1) is 11.8 Å². The number of amidine groups is 1. The Bertz CT molecular complexity index is 2710. The summed E-state index contributed by atoms with van der Waals surface area (Å²) in [5, 5.41) is 0. The van der Waals surface area contributed by atoms with Gasteiger partial charge in [0.15, 0.2) is 11.5 Å². The second kappa shape index (κ2) is 15.4. The summed E-state index contributed by atoms with van der Waals surface area (Å²) in [5.74, 6) is 2.03. The molecule has 10 rings (SSSR count). The van der Waals surface area contributed by atoms with Crippen LogP contribution >= 0.6 is 0 Å². The van der Waals surface area contributed by atoms with Crippen molar-refractivity contribution in [3.05, 3.63) is 234 Å². The Morgan fingerprint density at radius 1 is 0.741 bits per heavy atom. The van der Waals surface area contributed by atoms with Crippen LogP contribution in [-0.4, -0.2) is 17.0 Å². The number of hydrogen-bond acceptors (Lipinski definition) is 3. The first-order valence-electron chi connectivity index (χ1n) is 20.6. The maximum absolute atomic E-state index is 6.62. The molecule has 0 radical (unpaired) electrons. The van der Waals surface area contributed by atoms with Crippen LogP contribution in [0.2, 0.25) is 0 Å². The highest BCUT2D eigenvalue weighted by Crippen LogP contribution is 2.62. The Labute approximate surface area is 340 Å². The van der Waals surface area contributed by atoms with Gasteiger partial charge in [0.25, 0.3) is 0 Å². The van der Waals surface area contributed by atoms with Crippen molar-refractivity contribution in [2.75, 3.05) is 0 Å². The number of aromatic nitrogens is 1. The second-order valence-electron chi connectivity index (χ2n) is 15.8. The molecule has 0 amide bonds. The van der Waals surface area contributed by atoms with Crippen molar-refractivity contribution in [1.82, 2.24) is 4.98 Å². The highest BCUT2D eigenvalue weighted by Gasteiger charge is 2.55. The van der Waals surface area contributed by atoms with Crippen LogP contribution in [0.5, 0.6) is 0 Å². The zero-order chi connectivity index (χ0) is 38.9. The standard InChI is InChI=1S/C54H45N3O/c1-37(56-52(41-19-8-3-9-20-41)55-36-38-29-31-40(32-30-38)39-17-6-2-7-18-39)45-26-16-28-48-51(45)46-25-14-15-27-47(46)54(48,43-23-12-5-13-24-43)44-33-34-49-50(35-44)58-53(57-49)42-21-10-4-11-22-42/h2-10,12-19,23-36,41-42,48,51H,1,11,20-22H2/b55-36+,56-52-. The molecule has 6 aromatic rings. The molecular weight excluding hydrogens is 707 g/mol. The van der Waals surface area contributed by atoms with Gasteiger partial charge in [-0.25, -0.2) is 15.0 Å². The highest BCUT2D eigenvalue weighted by atomic mass is 16.3. The summed E-state index contributed by atoms with van der Waals surface area (Å²) in [7, 11) is 0. The molecule has 0 spiro atoms. The average Bonchev–Trinajstić information content (AvgIpc) is 3.87. The predicted molar refractivity (Wildman–Crippen MR) is 238 cm³/mol. The fraction of sp³-hybridized carbons (Fsp3) is 0.167. The number of aliphatic imine (C=N–C) groups is 2. The van der Waals surface area contributed by atoms with Crippen LogP contribution in [-0.2, 0) is 5.41 Å². The summed E-state index contributed by atoms with van der Waals surface area (Å²) in [6.07, 6.45) is 25.8. The van der Waals surface area contributed by atoms with Gasteiger partial charge in [0, 0.05) is 29.9 Å². The summed E-state index contributed by atoms with van der Waals surface area (Å²) in [6.45, 7) is 4.69. The van der Waals surface area contributed by atoms with E-state index in [0.29, 0.717) is 5.92 Å². The number of oxazole rings is 1.